The summed E-state index contributed by atoms with van der Waals surface area (Å²) in [5, 5.41) is 3.29. The Morgan fingerprint density at radius 1 is 1.19 bits per heavy atom. The minimum absolute atomic E-state index is 0.395. The van der Waals surface area contributed by atoms with Crippen molar-refractivity contribution >= 4 is 17.3 Å². The van der Waals surface area contributed by atoms with Crippen LogP contribution in [0.3, 0.4) is 0 Å². The average molecular weight is 284 g/mol. The number of aryl methyl sites for hydroxylation is 1. The zero-order valence-electron chi connectivity index (χ0n) is 12.3. The third-order valence-electron chi connectivity index (χ3n) is 3.42. The molecular formula is C17H20N2O2. The third kappa shape index (κ3) is 3.54. The highest BCUT2D eigenvalue weighted by Gasteiger charge is 2.12. The van der Waals surface area contributed by atoms with Gasteiger partial charge in [0.2, 0.25) is 0 Å². The van der Waals surface area contributed by atoms with Gasteiger partial charge in [-0.3, -0.25) is 0 Å². The molecule has 0 heterocycles. The molecule has 2 aromatic rings. The molecule has 4 heteroatoms. The Morgan fingerprint density at radius 2 is 1.90 bits per heavy atom. The fraction of sp³-hybridized carbons (Fsp3) is 0.235. The van der Waals surface area contributed by atoms with Crippen molar-refractivity contribution in [3.63, 3.8) is 0 Å². The lowest BCUT2D eigenvalue weighted by Gasteiger charge is -2.13. The van der Waals surface area contributed by atoms with Crippen molar-refractivity contribution in [2.45, 2.75) is 19.9 Å². The molecule has 0 radical (unpaired) electrons. The van der Waals surface area contributed by atoms with Crippen LogP contribution >= 0.6 is 0 Å². The monoisotopic (exact) mass is 284 g/mol. The van der Waals surface area contributed by atoms with E-state index < -0.39 is 5.97 Å². The highest BCUT2D eigenvalue weighted by molar-refractivity contribution is 5.96. The van der Waals surface area contributed by atoms with Crippen LogP contribution in [-0.4, -0.2) is 13.1 Å². The predicted octanol–water partition coefficient (Wildman–Crippen LogP) is 3.23. The normalized spacial score (nSPS) is 10.2. The Kier molecular flexibility index (Phi) is 4.82. The van der Waals surface area contributed by atoms with Gasteiger partial charge in [-0.15, -0.1) is 0 Å². The second kappa shape index (κ2) is 6.79. The van der Waals surface area contributed by atoms with Crippen LogP contribution in [0.2, 0.25) is 0 Å². The Labute approximate surface area is 124 Å². The summed E-state index contributed by atoms with van der Waals surface area (Å²) in [6.45, 7) is 2.78. The molecule has 0 atom stereocenters. The number of nitrogens with one attached hydrogen (secondary N) is 1. The highest BCUT2D eigenvalue weighted by atomic mass is 16.5. The van der Waals surface area contributed by atoms with E-state index in [0.717, 1.165) is 12.1 Å². The lowest BCUT2D eigenvalue weighted by atomic mass is 10.0. The summed E-state index contributed by atoms with van der Waals surface area (Å²) in [6, 6.07) is 13.4. The Morgan fingerprint density at radius 3 is 2.57 bits per heavy atom. The van der Waals surface area contributed by atoms with E-state index in [4.69, 9.17) is 10.5 Å². The Bertz CT molecular complexity index is 638. The standard InChI is InChI=1S/C17H20N2O2/c1-3-12-6-4-5-7-13(12)11-19-16-9-8-14(18)10-15(16)17(20)21-2/h4-10,19H,3,11,18H2,1-2H3. The maximum Gasteiger partial charge on any atom is 0.340 e. The van der Waals surface area contributed by atoms with Crippen molar-refractivity contribution < 1.29 is 9.53 Å². The number of esters is 1. The first-order valence-electron chi connectivity index (χ1n) is 6.94. The second-order valence-electron chi connectivity index (χ2n) is 4.77. The summed E-state index contributed by atoms with van der Waals surface area (Å²) in [7, 11) is 1.36. The number of carbonyl (C=O) groups is 1. The first-order valence-corrected chi connectivity index (χ1v) is 6.94. The van der Waals surface area contributed by atoms with E-state index in [-0.39, 0.29) is 0 Å². The molecule has 4 nitrogen and oxygen atoms in total. The van der Waals surface area contributed by atoms with Gasteiger partial charge in [0.1, 0.15) is 0 Å². The molecule has 3 N–H and O–H groups in total. The fourth-order valence-electron chi connectivity index (χ4n) is 2.26. The van der Waals surface area contributed by atoms with Gasteiger partial charge < -0.3 is 15.8 Å². The predicted molar refractivity (Wildman–Crippen MR) is 85.3 cm³/mol. The number of rotatable bonds is 5. The minimum Gasteiger partial charge on any atom is -0.465 e. The molecule has 0 unspecified atom stereocenters. The molecule has 0 aliphatic rings. The molecule has 110 valence electrons. The summed E-state index contributed by atoms with van der Waals surface area (Å²) in [6.07, 6.45) is 0.976. The largest absolute Gasteiger partial charge is 0.465 e. The number of hydrogen-bond acceptors (Lipinski definition) is 4. The van der Waals surface area contributed by atoms with Crippen LogP contribution in [0.15, 0.2) is 42.5 Å². The molecule has 0 aliphatic heterocycles. The summed E-state index contributed by atoms with van der Waals surface area (Å²) in [5.41, 5.74) is 9.96. The topological polar surface area (TPSA) is 64.3 Å². The smallest absolute Gasteiger partial charge is 0.340 e. The van der Waals surface area contributed by atoms with E-state index >= 15 is 0 Å². The van der Waals surface area contributed by atoms with Crippen molar-refractivity contribution in [2.75, 3.05) is 18.2 Å². The average Bonchev–Trinajstić information content (AvgIpc) is 2.53. The second-order valence-corrected chi connectivity index (χ2v) is 4.77. The molecule has 0 saturated heterocycles. The number of hydrogen-bond donors (Lipinski definition) is 2. The van der Waals surface area contributed by atoms with Crippen molar-refractivity contribution in [1.82, 2.24) is 0 Å². The van der Waals surface area contributed by atoms with Gasteiger partial charge in [0.05, 0.1) is 12.7 Å². The zero-order valence-corrected chi connectivity index (χ0v) is 12.3. The Hall–Kier alpha value is -2.49. The molecule has 0 fully saturated rings. The van der Waals surface area contributed by atoms with Crippen molar-refractivity contribution in [3.05, 3.63) is 59.2 Å². The third-order valence-corrected chi connectivity index (χ3v) is 3.42. The summed E-state index contributed by atoms with van der Waals surface area (Å²) >= 11 is 0. The van der Waals surface area contributed by atoms with Crippen LogP contribution in [-0.2, 0) is 17.7 Å². The van der Waals surface area contributed by atoms with E-state index in [1.807, 2.05) is 12.1 Å². The van der Waals surface area contributed by atoms with Gasteiger partial charge in [-0.1, -0.05) is 31.2 Å². The van der Waals surface area contributed by atoms with Gasteiger partial charge in [0.25, 0.3) is 0 Å². The van der Waals surface area contributed by atoms with Gasteiger partial charge in [-0.25, -0.2) is 4.79 Å². The molecule has 0 amide bonds. The van der Waals surface area contributed by atoms with E-state index in [9.17, 15) is 4.79 Å². The molecular weight excluding hydrogens is 264 g/mol. The van der Waals surface area contributed by atoms with E-state index in [1.165, 1.54) is 18.2 Å². The van der Waals surface area contributed by atoms with E-state index in [1.54, 1.807) is 18.2 Å². The lowest BCUT2D eigenvalue weighted by molar-refractivity contribution is 0.0602. The van der Waals surface area contributed by atoms with Gasteiger partial charge in [0, 0.05) is 17.9 Å². The molecule has 2 aromatic carbocycles. The van der Waals surface area contributed by atoms with Gasteiger partial charge >= 0.3 is 5.97 Å². The van der Waals surface area contributed by atoms with Crippen LogP contribution in [0.1, 0.15) is 28.4 Å². The number of anilines is 2. The van der Waals surface area contributed by atoms with Crippen LogP contribution in [0.25, 0.3) is 0 Å². The SMILES string of the molecule is CCc1ccccc1CNc1ccc(N)cc1C(=O)OC. The first-order chi connectivity index (χ1) is 10.2. The summed E-state index contributed by atoms with van der Waals surface area (Å²) in [5.74, 6) is -0.395. The van der Waals surface area contributed by atoms with Crippen LogP contribution in [0.5, 0.6) is 0 Å². The van der Waals surface area contributed by atoms with Gasteiger partial charge in [-0.2, -0.15) is 0 Å². The molecule has 0 bridgehead atoms. The molecule has 0 saturated carbocycles. The number of nitrogen functional groups attached to an aromatic ring is 1. The van der Waals surface area contributed by atoms with E-state index in [0.29, 0.717) is 17.8 Å². The maximum atomic E-state index is 11.8. The van der Waals surface area contributed by atoms with Crippen molar-refractivity contribution in [3.8, 4) is 0 Å². The van der Waals surface area contributed by atoms with Crippen LogP contribution in [0.4, 0.5) is 11.4 Å². The van der Waals surface area contributed by atoms with Crippen LogP contribution in [0, 0.1) is 0 Å². The molecule has 21 heavy (non-hydrogen) atoms. The Balaban J connectivity index is 2.22. The number of methoxy groups -OCH3 is 1. The van der Waals surface area contributed by atoms with Gasteiger partial charge in [0.15, 0.2) is 0 Å². The first kappa shape index (κ1) is 14.9. The zero-order chi connectivity index (χ0) is 15.2. The number of nitrogens with two attached hydrogens (primary N) is 1. The van der Waals surface area contributed by atoms with Gasteiger partial charge in [-0.05, 0) is 35.7 Å². The number of ether oxygens (including phenoxy) is 1. The lowest BCUT2D eigenvalue weighted by Crippen LogP contribution is -2.09. The minimum atomic E-state index is -0.395. The number of benzene rings is 2. The highest BCUT2D eigenvalue weighted by Crippen LogP contribution is 2.21. The number of carbonyl (C=O) groups excluding carboxylic acids is 1. The maximum absolute atomic E-state index is 11.8. The van der Waals surface area contributed by atoms with Crippen molar-refractivity contribution in [2.24, 2.45) is 0 Å². The van der Waals surface area contributed by atoms with Crippen LogP contribution < -0.4 is 11.1 Å². The quantitative estimate of drug-likeness (QED) is 0.653. The summed E-state index contributed by atoms with van der Waals surface area (Å²) < 4.78 is 4.79. The van der Waals surface area contributed by atoms with E-state index in [2.05, 4.69) is 24.4 Å². The molecule has 2 rings (SSSR count). The summed E-state index contributed by atoms with van der Waals surface area (Å²) in [4.78, 5) is 11.8. The molecule has 0 spiro atoms. The fourth-order valence-corrected chi connectivity index (χ4v) is 2.26. The van der Waals surface area contributed by atoms with Crippen molar-refractivity contribution in [1.29, 1.82) is 0 Å². The molecule has 0 aliphatic carbocycles. The molecule has 0 aromatic heterocycles.